The van der Waals surface area contributed by atoms with Crippen molar-refractivity contribution in [2.24, 2.45) is 14.1 Å². The molecule has 0 saturated heterocycles. The first-order valence-electron chi connectivity index (χ1n) is 14.3. The van der Waals surface area contributed by atoms with E-state index in [0.29, 0.717) is 48.7 Å². The highest BCUT2D eigenvalue weighted by Gasteiger charge is 2.17. The zero-order chi connectivity index (χ0) is 34.7. The van der Waals surface area contributed by atoms with Gasteiger partial charge >= 0.3 is 0 Å². The average molecular weight is 711 g/mol. The van der Waals surface area contributed by atoms with Crippen molar-refractivity contribution in [3.8, 4) is 22.3 Å². The molecule has 0 radical (unpaired) electrons. The number of hydrogen-bond donors (Lipinski definition) is 3. The van der Waals surface area contributed by atoms with Crippen LogP contribution in [0.15, 0.2) is 87.8 Å². The highest BCUT2D eigenvalue weighted by atomic mass is 35.5. The molecule has 13 nitrogen and oxygen atoms in total. The standard InChI is InChI=1S/C17H17ClN4O3.C15H12ClN3O3S/c1-22-15-10(7-19-17(21-15)20-11(8-23)9-24)6-13(16(22)25)12-4-2-3-5-14(12)18;1-19-13-9(8-17-15(18-13)23(2,21)22)7-11(14(19)20)10-5-3-4-6-12(10)16/h2-7,11,23-24H,8-9H2,1H3,(H,19,20,21);3-8H,1-2H3. The van der Waals surface area contributed by atoms with Crippen LogP contribution >= 0.6 is 23.2 Å². The Morgan fingerprint density at radius 3 is 1.67 bits per heavy atom. The molecule has 16 heteroatoms. The number of hydrogen-bond acceptors (Lipinski definition) is 11. The number of fused-ring (bicyclic) bond motifs is 2. The van der Waals surface area contributed by atoms with E-state index >= 15 is 0 Å². The van der Waals surface area contributed by atoms with E-state index in [9.17, 15) is 18.0 Å². The number of sulfone groups is 1. The van der Waals surface area contributed by atoms with Gasteiger partial charge in [-0.05, 0) is 24.3 Å². The fraction of sp³-hybridized carbons (Fsp3) is 0.188. The Balaban J connectivity index is 0.000000188. The number of anilines is 1. The minimum absolute atomic E-state index is 0.223. The van der Waals surface area contributed by atoms with Crippen LogP contribution in [0.4, 0.5) is 5.95 Å². The third kappa shape index (κ3) is 7.07. The van der Waals surface area contributed by atoms with Crippen LogP contribution in [-0.4, -0.2) is 73.2 Å². The first-order valence-corrected chi connectivity index (χ1v) is 16.9. The lowest BCUT2D eigenvalue weighted by atomic mass is 10.1. The number of nitrogens with zero attached hydrogens (tertiary/aromatic N) is 6. The van der Waals surface area contributed by atoms with Gasteiger partial charge in [-0.15, -0.1) is 0 Å². The molecular formula is C32H29Cl2N7O6S. The van der Waals surface area contributed by atoms with Crippen molar-refractivity contribution in [1.82, 2.24) is 29.1 Å². The van der Waals surface area contributed by atoms with Gasteiger partial charge in [0.25, 0.3) is 11.1 Å². The molecule has 0 atom stereocenters. The normalized spacial score (nSPS) is 11.5. The Hall–Kier alpha value is -4.73. The maximum atomic E-state index is 12.7. The lowest BCUT2D eigenvalue weighted by molar-refractivity contribution is 0.203. The Morgan fingerprint density at radius 1 is 0.750 bits per heavy atom. The maximum absolute atomic E-state index is 12.7. The summed E-state index contributed by atoms with van der Waals surface area (Å²) >= 11 is 12.4. The van der Waals surface area contributed by atoms with E-state index in [0.717, 1.165) is 6.26 Å². The molecule has 0 aliphatic heterocycles. The summed E-state index contributed by atoms with van der Waals surface area (Å²) in [6.45, 7) is -0.523. The van der Waals surface area contributed by atoms with Crippen molar-refractivity contribution in [3.63, 3.8) is 0 Å². The molecule has 0 unspecified atom stereocenters. The predicted octanol–water partition coefficient (Wildman–Crippen LogP) is 3.47. The molecule has 0 aliphatic rings. The summed E-state index contributed by atoms with van der Waals surface area (Å²) in [6, 6.07) is 16.9. The van der Waals surface area contributed by atoms with Crippen LogP contribution in [0.1, 0.15) is 0 Å². The van der Waals surface area contributed by atoms with Gasteiger partial charge in [0, 0.05) is 75.8 Å². The number of aliphatic hydroxyl groups is 2. The first-order chi connectivity index (χ1) is 22.8. The van der Waals surface area contributed by atoms with Crippen LogP contribution in [0.25, 0.3) is 44.3 Å². The number of aliphatic hydroxyl groups excluding tert-OH is 2. The second kappa shape index (κ2) is 14.2. The van der Waals surface area contributed by atoms with Crippen molar-refractivity contribution in [3.05, 3.63) is 104 Å². The zero-order valence-electron chi connectivity index (χ0n) is 25.8. The number of benzene rings is 2. The van der Waals surface area contributed by atoms with E-state index in [-0.39, 0.29) is 41.1 Å². The van der Waals surface area contributed by atoms with Gasteiger partial charge in [-0.25, -0.2) is 18.4 Å². The zero-order valence-corrected chi connectivity index (χ0v) is 28.1. The largest absolute Gasteiger partial charge is 0.394 e. The Morgan fingerprint density at radius 2 is 1.21 bits per heavy atom. The third-order valence-electron chi connectivity index (χ3n) is 7.31. The fourth-order valence-electron chi connectivity index (χ4n) is 4.80. The molecule has 48 heavy (non-hydrogen) atoms. The number of halogens is 2. The molecule has 3 N–H and O–H groups in total. The minimum Gasteiger partial charge on any atom is -0.394 e. The molecule has 0 spiro atoms. The van der Waals surface area contributed by atoms with Crippen molar-refractivity contribution >= 4 is 61.1 Å². The fourth-order valence-corrected chi connectivity index (χ4v) is 5.77. The molecule has 248 valence electrons. The molecule has 4 heterocycles. The van der Waals surface area contributed by atoms with E-state index in [4.69, 9.17) is 33.4 Å². The van der Waals surface area contributed by atoms with Crippen molar-refractivity contribution < 1.29 is 18.6 Å². The molecule has 6 aromatic rings. The second-order valence-corrected chi connectivity index (χ2v) is 13.4. The van der Waals surface area contributed by atoms with E-state index < -0.39 is 15.9 Å². The Kier molecular flexibility index (Phi) is 10.2. The Labute approximate surface area is 284 Å². The van der Waals surface area contributed by atoms with Crippen molar-refractivity contribution in [2.45, 2.75) is 11.2 Å². The molecule has 0 fully saturated rings. The van der Waals surface area contributed by atoms with E-state index in [1.54, 1.807) is 67.8 Å². The van der Waals surface area contributed by atoms with Crippen LogP contribution in [0.5, 0.6) is 0 Å². The first kappa shape index (κ1) is 34.6. The molecule has 4 aromatic heterocycles. The van der Waals surface area contributed by atoms with Crippen LogP contribution in [0.3, 0.4) is 0 Å². The maximum Gasteiger partial charge on any atom is 0.259 e. The summed E-state index contributed by atoms with van der Waals surface area (Å²) in [5.74, 6) is 0.223. The third-order valence-corrected chi connectivity index (χ3v) is 8.83. The number of nitrogens with one attached hydrogen (secondary N) is 1. The van der Waals surface area contributed by atoms with Crippen LogP contribution < -0.4 is 16.4 Å². The van der Waals surface area contributed by atoms with E-state index in [2.05, 4.69) is 25.3 Å². The summed E-state index contributed by atoms with van der Waals surface area (Å²) in [5, 5.41) is 23.0. The summed E-state index contributed by atoms with van der Waals surface area (Å²) < 4.78 is 25.9. The van der Waals surface area contributed by atoms with Gasteiger partial charge in [-0.3, -0.25) is 18.7 Å². The lowest BCUT2D eigenvalue weighted by Gasteiger charge is -2.14. The average Bonchev–Trinajstić information content (AvgIpc) is 3.07. The number of rotatable bonds is 7. The van der Waals surface area contributed by atoms with Crippen LogP contribution in [0.2, 0.25) is 10.0 Å². The van der Waals surface area contributed by atoms with Gasteiger partial charge in [-0.2, -0.15) is 9.97 Å². The summed E-state index contributed by atoms with van der Waals surface area (Å²) in [5.41, 5.74) is 2.26. The van der Waals surface area contributed by atoms with Crippen molar-refractivity contribution in [1.29, 1.82) is 0 Å². The number of pyridine rings is 2. The smallest absolute Gasteiger partial charge is 0.259 e. The van der Waals surface area contributed by atoms with Gasteiger partial charge in [0.15, 0.2) is 0 Å². The highest BCUT2D eigenvalue weighted by Crippen LogP contribution is 2.28. The molecule has 0 saturated carbocycles. The Bertz CT molecular complexity index is 2400. The number of aromatic nitrogens is 6. The number of aryl methyl sites for hydroxylation is 2. The van der Waals surface area contributed by atoms with Crippen molar-refractivity contribution in [2.75, 3.05) is 24.8 Å². The van der Waals surface area contributed by atoms with Gasteiger partial charge in [0.1, 0.15) is 11.3 Å². The second-order valence-electron chi connectivity index (χ2n) is 10.7. The van der Waals surface area contributed by atoms with Gasteiger partial charge in [0.05, 0.1) is 19.3 Å². The van der Waals surface area contributed by atoms with E-state index in [1.807, 2.05) is 6.07 Å². The van der Waals surface area contributed by atoms with Gasteiger partial charge < -0.3 is 15.5 Å². The van der Waals surface area contributed by atoms with Crippen LogP contribution in [-0.2, 0) is 23.9 Å². The SMILES string of the molecule is Cn1c(=O)c(-c2ccccc2Cl)cc2cnc(NC(CO)CO)nc21.Cn1c(=O)c(-c2ccccc2Cl)cc2cnc(S(C)(=O)=O)nc21. The quantitative estimate of drug-likeness (QED) is 0.206. The summed E-state index contributed by atoms with van der Waals surface area (Å²) in [7, 11) is -0.397. The van der Waals surface area contributed by atoms with Crippen LogP contribution in [0, 0.1) is 0 Å². The lowest BCUT2D eigenvalue weighted by Crippen LogP contribution is -2.29. The molecule has 0 amide bonds. The molecular weight excluding hydrogens is 681 g/mol. The monoisotopic (exact) mass is 709 g/mol. The summed E-state index contributed by atoms with van der Waals surface area (Å²) in [4.78, 5) is 41.7. The highest BCUT2D eigenvalue weighted by molar-refractivity contribution is 7.90. The van der Waals surface area contributed by atoms with Gasteiger partial charge in [0.2, 0.25) is 20.9 Å². The minimum atomic E-state index is -3.55. The van der Waals surface area contributed by atoms with E-state index in [1.165, 1.54) is 22.4 Å². The molecule has 6 rings (SSSR count). The topological polar surface area (TPSA) is 182 Å². The molecule has 0 bridgehead atoms. The molecule has 2 aromatic carbocycles. The summed E-state index contributed by atoms with van der Waals surface area (Å²) in [6.07, 6.45) is 3.99. The predicted molar refractivity (Wildman–Crippen MR) is 185 cm³/mol. The molecule has 0 aliphatic carbocycles. The van der Waals surface area contributed by atoms with Gasteiger partial charge in [-0.1, -0.05) is 59.6 Å².